The van der Waals surface area contributed by atoms with Gasteiger partial charge in [0.1, 0.15) is 0 Å². The molecule has 0 bridgehead atoms. The third-order valence-electron chi connectivity index (χ3n) is 3.14. The zero-order valence-corrected chi connectivity index (χ0v) is 9.35. The molecule has 0 amide bonds. The Hall–Kier alpha value is -1.65. The van der Waals surface area contributed by atoms with E-state index in [0.717, 1.165) is 12.1 Å². The Balaban J connectivity index is 2.22. The zero-order valence-electron chi connectivity index (χ0n) is 9.35. The second-order valence-electron chi connectivity index (χ2n) is 4.27. The molecule has 1 aliphatic carbocycles. The summed E-state index contributed by atoms with van der Waals surface area (Å²) in [6.45, 7) is 0. The maximum Gasteiger partial charge on any atom is 0.327 e. The lowest BCUT2D eigenvalue weighted by molar-refractivity contribution is -0.125. The van der Waals surface area contributed by atoms with Crippen LogP contribution < -0.4 is 0 Å². The summed E-state index contributed by atoms with van der Waals surface area (Å²) in [5.41, 5.74) is 0.419. The van der Waals surface area contributed by atoms with Crippen LogP contribution in [0.1, 0.15) is 30.7 Å². The lowest BCUT2D eigenvalue weighted by Crippen LogP contribution is -2.09. The summed E-state index contributed by atoms with van der Waals surface area (Å²) in [7, 11) is 0. The van der Waals surface area contributed by atoms with Gasteiger partial charge in [0.25, 0.3) is 0 Å². The van der Waals surface area contributed by atoms with Crippen LogP contribution in [0.15, 0.2) is 23.8 Å². The highest BCUT2D eigenvalue weighted by molar-refractivity contribution is 5.87. The Kier molecular flexibility index (Phi) is 3.50. The van der Waals surface area contributed by atoms with Crippen molar-refractivity contribution < 1.29 is 22.4 Å². The van der Waals surface area contributed by atoms with Crippen LogP contribution in [0.3, 0.4) is 0 Å². The van der Waals surface area contributed by atoms with Gasteiger partial charge in [-0.1, -0.05) is 6.08 Å². The molecule has 0 saturated heterocycles. The van der Waals surface area contributed by atoms with Gasteiger partial charge in [0.2, 0.25) is 0 Å². The van der Waals surface area contributed by atoms with Crippen molar-refractivity contribution in [2.24, 2.45) is 0 Å². The molecule has 1 unspecified atom stereocenters. The lowest BCUT2D eigenvalue weighted by atomic mass is 9.84. The monoisotopic (exact) mass is 258 g/mol. The molecule has 96 valence electrons. The molecule has 0 heterocycles. The largest absolute Gasteiger partial charge is 0.327 e. The lowest BCUT2D eigenvalue weighted by Gasteiger charge is -2.20. The van der Waals surface area contributed by atoms with Crippen molar-refractivity contribution in [2.45, 2.75) is 25.2 Å². The Morgan fingerprint density at radius 3 is 2.22 bits per heavy atom. The summed E-state index contributed by atoms with van der Waals surface area (Å²) in [5.74, 6) is -4.19. The predicted octanol–water partition coefficient (Wildman–Crippen LogP) is 3.79. The van der Waals surface area contributed by atoms with Crippen LogP contribution in [0, 0.1) is 17.5 Å². The number of carbonyl (C=O) groups is 1. The third-order valence-corrected chi connectivity index (χ3v) is 3.14. The second-order valence-corrected chi connectivity index (χ2v) is 4.27. The molecule has 0 N–H and O–H groups in total. The molecular weight excluding hydrogens is 248 g/mol. The molecule has 2 rings (SSSR count). The maximum atomic E-state index is 13.1. The molecule has 0 fully saturated rings. The standard InChI is InChI=1S/C13H10F4O/c14-10-5-9(6-11(15)12(10)16)7-1-3-8(4-2-7)13(17)18/h3,5-7H,1-2,4H2. The first-order valence-electron chi connectivity index (χ1n) is 5.52. The molecule has 0 aromatic heterocycles. The van der Waals surface area contributed by atoms with Crippen LogP contribution >= 0.6 is 0 Å². The van der Waals surface area contributed by atoms with E-state index in [1.165, 1.54) is 6.08 Å². The number of carbonyl (C=O) groups excluding carboxylic acids is 1. The highest BCUT2D eigenvalue weighted by Gasteiger charge is 2.22. The Labute approximate surface area is 101 Å². The number of halogens is 4. The van der Waals surface area contributed by atoms with Crippen molar-refractivity contribution in [1.29, 1.82) is 0 Å². The van der Waals surface area contributed by atoms with Crippen molar-refractivity contribution in [3.05, 3.63) is 46.8 Å². The van der Waals surface area contributed by atoms with Crippen LogP contribution in [0.5, 0.6) is 0 Å². The van der Waals surface area contributed by atoms with Crippen LogP contribution in [-0.2, 0) is 4.79 Å². The highest BCUT2D eigenvalue weighted by Crippen LogP contribution is 2.33. The van der Waals surface area contributed by atoms with E-state index in [4.69, 9.17) is 0 Å². The van der Waals surface area contributed by atoms with Gasteiger partial charge in [0.15, 0.2) is 17.5 Å². The normalized spacial score (nSPS) is 19.6. The van der Waals surface area contributed by atoms with Crippen LogP contribution in [0.25, 0.3) is 0 Å². The molecule has 5 heteroatoms. The van der Waals surface area contributed by atoms with E-state index in [1.807, 2.05) is 0 Å². The first-order chi connectivity index (χ1) is 8.49. The molecule has 1 aromatic carbocycles. The van der Waals surface area contributed by atoms with E-state index in [2.05, 4.69) is 0 Å². The van der Waals surface area contributed by atoms with Gasteiger partial charge in [-0.05, 0) is 42.9 Å². The van der Waals surface area contributed by atoms with E-state index in [9.17, 15) is 22.4 Å². The first kappa shape index (κ1) is 12.8. The van der Waals surface area contributed by atoms with Gasteiger partial charge in [-0.25, -0.2) is 13.2 Å². The van der Waals surface area contributed by atoms with E-state index in [1.54, 1.807) is 0 Å². The number of rotatable bonds is 2. The summed E-state index contributed by atoms with van der Waals surface area (Å²) >= 11 is 0. The Morgan fingerprint density at radius 2 is 1.78 bits per heavy atom. The SMILES string of the molecule is O=C(F)C1=CCC(c2cc(F)c(F)c(F)c2)CC1. The van der Waals surface area contributed by atoms with Gasteiger partial charge in [-0.3, -0.25) is 4.79 Å². The number of hydrogen-bond acceptors (Lipinski definition) is 1. The van der Waals surface area contributed by atoms with Crippen LogP contribution in [0.2, 0.25) is 0 Å². The quantitative estimate of drug-likeness (QED) is 0.448. The van der Waals surface area contributed by atoms with Gasteiger partial charge in [0.05, 0.1) is 0 Å². The molecule has 0 aliphatic heterocycles. The maximum absolute atomic E-state index is 13.1. The fourth-order valence-electron chi connectivity index (χ4n) is 2.13. The third kappa shape index (κ3) is 2.44. The van der Waals surface area contributed by atoms with Gasteiger partial charge in [0, 0.05) is 5.57 Å². The van der Waals surface area contributed by atoms with Crippen molar-refractivity contribution >= 4 is 6.04 Å². The van der Waals surface area contributed by atoms with Gasteiger partial charge < -0.3 is 0 Å². The molecule has 1 nitrogen and oxygen atoms in total. The fourth-order valence-corrected chi connectivity index (χ4v) is 2.13. The Morgan fingerprint density at radius 1 is 1.17 bits per heavy atom. The van der Waals surface area contributed by atoms with Crippen molar-refractivity contribution in [3.63, 3.8) is 0 Å². The molecule has 0 saturated carbocycles. The van der Waals surface area contributed by atoms with Gasteiger partial charge in [-0.2, -0.15) is 4.39 Å². The molecule has 1 aliphatic rings. The summed E-state index contributed by atoms with van der Waals surface area (Å²) < 4.78 is 51.3. The van der Waals surface area contributed by atoms with E-state index >= 15 is 0 Å². The summed E-state index contributed by atoms with van der Waals surface area (Å²) in [5, 5.41) is 0. The summed E-state index contributed by atoms with van der Waals surface area (Å²) in [6.07, 6.45) is 2.37. The summed E-state index contributed by atoms with van der Waals surface area (Å²) in [6, 6.07) is 0.420. The number of allylic oxidation sites excluding steroid dienone is 2. The van der Waals surface area contributed by atoms with Crippen LogP contribution in [0.4, 0.5) is 17.6 Å². The van der Waals surface area contributed by atoms with Crippen molar-refractivity contribution in [3.8, 4) is 0 Å². The number of benzene rings is 1. The molecule has 1 atom stereocenters. The zero-order chi connectivity index (χ0) is 13.3. The minimum Gasteiger partial charge on any atom is -0.256 e. The van der Waals surface area contributed by atoms with Crippen molar-refractivity contribution in [2.75, 3.05) is 0 Å². The minimum atomic E-state index is -1.50. The summed E-state index contributed by atoms with van der Waals surface area (Å²) in [4.78, 5) is 10.5. The molecule has 0 spiro atoms. The van der Waals surface area contributed by atoms with E-state index in [0.29, 0.717) is 18.4 Å². The molecule has 1 aromatic rings. The van der Waals surface area contributed by atoms with Gasteiger partial charge >= 0.3 is 6.04 Å². The number of hydrogen-bond donors (Lipinski definition) is 0. The molecular formula is C13H10F4O. The molecule has 18 heavy (non-hydrogen) atoms. The second kappa shape index (κ2) is 4.92. The Bertz CT molecular complexity index is 499. The van der Waals surface area contributed by atoms with E-state index < -0.39 is 23.5 Å². The van der Waals surface area contributed by atoms with Crippen molar-refractivity contribution in [1.82, 2.24) is 0 Å². The average Bonchev–Trinajstić information content (AvgIpc) is 2.35. The fraction of sp³-hybridized carbons (Fsp3) is 0.308. The topological polar surface area (TPSA) is 17.1 Å². The van der Waals surface area contributed by atoms with E-state index in [-0.39, 0.29) is 17.9 Å². The van der Waals surface area contributed by atoms with Crippen LogP contribution in [-0.4, -0.2) is 6.04 Å². The highest BCUT2D eigenvalue weighted by atomic mass is 19.2. The minimum absolute atomic E-state index is 0.0919. The molecule has 0 radical (unpaired) electrons. The first-order valence-corrected chi connectivity index (χ1v) is 5.52. The predicted molar refractivity (Wildman–Crippen MR) is 57.1 cm³/mol. The average molecular weight is 258 g/mol. The van der Waals surface area contributed by atoms with Gasteiger partial charge in [-0.15, -0.1) is 0 Å². The smallest absolute Gasteiger partial charge is 0.256 e.